The van der Waals surface area contributed by atoms with Crippen molar-refractivity contribution in [2.75, 3.05) is 13.2 Å². The Morgan fingerprint density at radius 1 is 1.03 bits per heavy atom. The van der Waals surface area contributed by atoms with Crippen molar-refractivity contribution in [1.82, 2.24) is 9.13 Å². The van der Waals surface area contributed by atoms with Crippen molar-refractivity contribution in [3.8, 4) is 0 Å². The summed E-state index contributed by atoms with van der Waals surface area (Å²) in [5.41, 5.74) is -0.0281. The van der Waals surface area contributed by atoms with Crippen LogP contribution < -0.4 is 11.2 Å². The molecule has 31 heavy (non-hydrogen) atoms. The van der Waals surface area contributed by atoms with E-state index in [4.69, 9.17) is 23.7 Å². The number of aromatic nitrogens is 2. The van der Waals surface area contributed by atoms with E-state index in [2.05, 4.69) is 0 Å². The predicted octanol–water partition coefficient (Wildman–Crippen LogP) is 1.64. The highest BCUT2D eigenvalue weighted by atomic mass is 16.8. The molecule has 0 N–H and O–H groups in total. The fourth-order valence-corrected chi connectivity index (χ4v) is 3.92. The van der Waals surface area contributed by atoms with Gasteiger partial charge in [-0.1, -0.05) is 30.3 Å². The van der Waals surface area contributed by atoms with E-state index in [0.717, 1.165) is 10.1 Å². The standard InChI is InChI=1S/C22H28N2O7/c1-4-27-13-16-18-19(31-22(2,3)30-18)20(29-16)23-11-10-17(25)24(21(23)26)14-28-12-15-8-6-5-7-9-15/h5-11,16,18-20H,4,12-14H2,1-3H3/t16-,18?,19+,20-/m1/s1. The van der Waals surface area contributed by atoms with E-state index in [-0.39, 0.29) is 19.4 Å². The average Bonchev–Trinajstić information content (AvgIpc) is 3.23. The van der Waals surface area contributed by atoms with Crippen LogP contribution in [0.15, 0.2) is 52.2 Å². The average molecular weight is 432 g/mol. The highest BCUT2D eigenvalue weighted by Gasteiger charge is 2.56. The highest BCUT2D eigenvalue weighted by molar-refractivity contribution is 5.13. The molecule has 4 rings (SSSR count). The lowest BCUT2D eigenvalue weighted by molar-refractivity contribution is -0.202. The van der Waals surface area contributed by atoms with Crippen molar-refractivity contribution in [3.05, 3.63) is 69.0 Å². The van der Waals surface area contributed by atoms with Crippen molar-refractivity contribution >= 4 is 0 Å². The number of hydrogen-bond donors (Lipinski definition) is 0. The largest absolute Gasteiger partial charge is 0.379 e. The molecule has 9 heteroatoms. The van der Waals surface area contributed by atoms with E-state index in [1.165, 1.54) is 16.8 Å². The Hall–Kier alpha value is -2.30. The summed E-state index contributed by atoms with van der Waals surface area (Å²) in [7, 11) is 0. The molecule has 1 aromatic carbocycles. The van der Waals surface area contributed by atoms with Crippen LogP contribution in [0.5, 0.6) is 0 Å². The summed E-state index contributed by atoms with van der Waals surface area (Å²) in [6.45, 7) is 6.52. The summed E-state index contributed by atoms with van der Waals surface area (Å²) in [4.78, 5) is 25.5. The Labute approximate surface area is 180 Å². The van der Waals surface area contributed by atoms with Gasteiger partial charge in [0.25, 0.3) is 5.56 Å². The van der Waals surface area contributed by atoms with Gasteiger partial charge >= 0.3 is 5.69 Å². The van der Waals surface area contributed by atoms with E-state index in [9.17, 15) is 9.59 Å². The van der Waals surface area contributed by atoms with Gasteiger partial charge in [-0.25, -0.2) is 9.36 Å². The smallest absolute Gasteiger partial charge is 0.335 e. The number of ether oxygens (including phenoxy) is 5. The van der Waals surface area contributed by atoms with Gasteiger partial charge in [-0.15, -0.1) is 0 Å². The first-order chi connectivity index (χ1) is 14.9. The maximum atomic E-state index is 13.1. The lowest BCUT2D eigenvalue weighted by atomic mass is 10.1. The molecule has 2 aromatic rings. The Bertz CT molecular complexity index is 1000. The van der Waals surface area contributed by atoms with Gasteiger partial charge in [-0.2, -0.15) is 0 Å². The van der Waals surface area contributed by atoms with E-state index in [0.29, 0.717) is 13.2 Å². The van der Waals surface area contributed by atoms with Crippen LogP contribution in [-0.4, -0.2) is 46.4 Å². The maximum Gasteiger partial charge on any atom is 0.335 e. The highest BCUT2D eigenvalue weighted by Crippen LogP contribution is 2.42. The van der Waals surface area contributed by atoms with Crippen LogP contribution in [0.1, 0.15) is 32.6 Å². The molecule has 1 aromatic heterocycles. The number of rotatable bonds is 8. The Morgan fingerprint density at radius 2 is 1.77 bits per heavy atom. The summed E-state index contributed by atoms with van der Waals surface area (Å²) in [5.74, 6) is -0.807. The zero-order valence-electron chi connectivity index (χ0n) is 17.9. The van der Waals surface area contributed by atoms with Crippen LogP contribution in [0.3, 0.4) is 0 Å². The molecule has 3 heterocycles. The van der Waals surface area contributed by atoms with E-state index < -0.39 is 35.5 Å². The summed E-state index contributed by atoms with van der Waals surface area (Å²) >= 11 is 0. The van der Waals surface area contributed by atoms with Crippen LogP contribution in [-0.2, 0) is 37.0 Å². The van der Waals surface area contributed by atoms with Gasteiger partial charge in [0.05, 0.1) is 13.2 Å². The minimum Gasteiger partial charge on any atom is -0.379 e. The molecule has 0 bridgehead atoms. The van der Waals surface area contributed by atoms with Crippen LogP contribution in [0.4, 0.5) is 0 Å². The second-order valence-corrected chi connectivity index (χ2v) is 8.02. The summed E-state index contributed by atoms with van der Waals surface area (Å²) in [5, 5.41) is 0. The van der Waals surface area contributed by atoms with Crippen molar-refractivity contribution in [2.24, 2.45) is 0 Å². The monoisotopic (exact) mass is 432 g/mol. The molecule has 0 amide bonds. The maximum absolute atomic E-state index is 13.1. The van der Waals surface area contributed by atoms with Crippen LogP contribution >= 0.6 is 0 Å². The van der Waals surface area contributed by atoms with Crippen LogP contribution in [0.2, 0.25) is 0 Å². The third-order valence-corrected chi connectivity index (χ3v) is 5.31. The van der Waals surface area contributed by atoms with Gasteiger partial charge in [-0.3, -0.25) is 9.36 Å². The number of nitrogens with zero attached hydrogens (tertiary/aromatic N) is 2. The van der Waals surface area contributed by atoms with Crippen molar-refractivity contribution in [2.45, 2.75) is 64.4 Å². The Balaban J connectivity index is 1.55. The first kappa shape index (κ1) is 21.9. The molecular weight excluding hydrogens is 404 g/mol. The SMILES string of the molecule is CCOC[C@H]1O[C@@H](n2ccc(=O)n(COCc3ccccc3)c2=O)[C@H]2OC(C)(C)OC12. The van der Waals surface area contributed by atoms with E-state index >= 15 is 0 Å². The van der Waals surface area contributed by atoms with E-state index in [1.54, 1.807) is 0 Å². The first-order valence-corrected chi connectivity index (χ1v) is 10.4. The van der Waals surface area contributed by atoms with Crippen LogP contribution in [0, 0.1) is 0 Å². The number of benzene rings is 1. The number of hydrogen-bond acceptors (Lipinski definition) is 7. The fourth-order valence-electron chi connectivity index (χ4n) is 3.92. The van der Waals surface area contributed by atoms with Crippen molar-refractivity contribution < 1.29 is 23.7 Å². The molecular formula is C22H28N2O7. The molecule has 4 atom stereocenters. The molecule has 2 saturated heterocycles. The molecule has 9 nitrogen and oxygen atoms in total. The first-order valence-electron chi connectivity index (χ1n) is 10.4. The van der Waals surface area contributed by atoms with Gasteiger partial charge in [0, 0.05) is 18.9 Å². The molecule has 168 valence electrons. The van der Waals surface area contributed by atoms with Gasteiger partial charge < -0.3 is 23.7 Å². The minimum atomic E-state index is -0.807. The topological polar surface area (TPSA) is 90.2 Å². The summed E-state index contributed by atoms with van der Waals surface area (Å²) < 4.78 is 31.7. The fraction of sp³-hybridized carbons (Fsp3) is 0.545. The summed E-state index contributed by atoms with van der Waals surface area (Å²) in [6.07, 6.45) is -0.593. The second-order valence-electron chi connectivity index (χ2n) is 8.02. The molecule has 1 unspecified atom stereocenters. The molecule has 2 aliphatic heterocycles. The number of fused-ring (bicyclic) bond motifs is 1. The lowest BCUT2D eigenvalue weighted by Crippen LogP contribution is -2.43. The third-order valence-electron chi connectivity index (χ3n) is 5.31. The molecule has 2 aliphatic rings. The van der Waals surface area contributed by atoms with Gasteiger partial charge in [0.2, 0.25) is 0 Å². The van der Waals surface area contributed by atoms with Gasteiger partial charge in [-0.05, 0) is 26.3 Å². The molecule has 0 saturated carbocycles. The molecule has 2 fully saturated rings. The normalized spacial score (nSPS) is 26.8. The Kier molecular flexibility index (Phi) is 6.40. The Morgan fingerprint density at radius 3 is 2.52 bits per heavy atom. The zero-order valence-corrected chi connectivity index (χ0v) is 17.9. The second kappa shape index (κ2) is 9.05. The summed E-state index contributed by atoms with van der Waals surface area (Å²) in [6, 6.07) is 10.9. The van der Waals surface area contributed by atoms with E-state index in [1.807, 2.05) is 51.1 Å². The van der Waals surface area contributed by atoms with Crippen LogP contribution in [0.25, 0.3) is 0 Å². The van der Waals surface area contributed by atoms with Crippen molar-refractivity contribution in [1.29, 1.82) is 0 Å². The molecule has 0 radical (unpaired) electrons. The quantitative estimate of drug-likeness (QED) is 0.626. The molecule has 0 spiro atoms. The predicted molar refractivity (Wildman–Crippen MR) is 110 cm³/mol. The van der Waals surface area contributed by atoms with Gasteiger partial charge in [0.1, 0.15) is 25.0 Å². The lowest BCUT2D eigenvalue weighted by Gasteiger charge is -2.25. The van der Waals surface area contributed by atoms with Crippen molar-refractivity contribution in [3.63, 3.8) is 0 Å². The molecule has 0 aliphatic carbocycles. The van der Waals surface area contributed by atoms with Gasteiger partial charge in [0.15, 0.2) is 12.0 Å². The minimum absolute atomic E-state index is 0.167. The third kappa shape index (κ3) is 4.65. The zero-order chi connectivity index (χ0) is 22.0.